The molecule has 0 radical (unpaired) electrons. The first kappa shape index (κ1) is 13.9. The lowest BCUT2D eigenvalue weighted by Crippen LogP contribution is -2.35. The molecular formula is C12H9F2N3O3. The first-order valence-electron chi connectivity index (χ1n) is 5.79. The van der Waals surface area contributed by atoms with Gasteiger partial charge in [-0.2, -0.15) is 5.26 Å². The molecule has 0 N–H and O–H groups in total. The molecule has 20 heavy (non-hydrogen) atoms. The number of nitriles is 1. The van der Waals surface area contributed by atoms with E-state index in [1.54, 1.807) is 0 Å². The second-order valence-corrected chi connectivity index (χ2v) is 4.33. The van der Waals surface area contributed by atoms with Crippen molar-refractivity contribution in [2.75, 3.05) is 6.54 Å². The van der Waals surface area contributed by atoms with E-state index >= 15 is 0 Å². The molecule has 1 aromatic carbocycles. The lowest BCUT2D eigenvalue weighted by molar-refractivity contribution is -0.385. The molecule has 2 rings (SSSR count). The number of rotatable bonds is 2. The lowest BCUT2D eigenvalue weighted by atomic mass is 10.1. The predicted molar refractivity (Wildman–Crippen MR) is 62.7 cm³/mol. The Kier molecular flexibility index (Phi) is 3.61. The number of amides is 1. The van der Waals surface area contributed by atoms with E-state index in [0.29, 0.717) is 25.0 Å². The van der Waals surface area contributed by atoms with Crippen molar-refractivity contribution >= 4 is 11.6 Å². The number of nitro groups is 1. The van der Waals surface area contributed by atoms with Gasteiger partial charge in [-0.05, 0) is 18.9 Å². The van der Waals surface area contributed by atoms with E-state index in [2.05, 4.69) is 0 Å². The summed E-state index contributed by atoms with van der Waals surface area (Å²) in [7, 11) is 0. The summed E-state index contributed by atoms with van der Waals surface area (Å²) in [6, 6.07) is 2.09. The highest BCUT2D eigenvalue weighted by molar-refractivity contribution is 5.98. The van der Waals surface area contributed by atoms with Gasteiger partial charge in [-0.3, -0.25) is 14.9 Å². The Labute approximate surface area is 112 Å². The fourth-order valence-corrected chi connectivity index (χ4v) is 2.16. The summed E-state index contributed by atoms with van der Waals surface area (Å²) in [5.74, 6) is -3.57. The molecule has 1 saturated heterocycles. The average Bonchev–Trinajstić information content (AvgIpc) is 2.88. The smallest absolute Gasteiger partial charge is 0.285 e. The summed E-state index contributed by atoms with van der Waals surface area (Å²) in [6.45, 7) is 0.257. The number of hydrogen-bond acceptors (Lipinski definition) is 4. The number of hydrogen-bond donors (Lipinski definition) is 0. The summed E-state index contributed by atoms with van der Waals surface area (Å²) >= 11 is 0. The van der Waals surface area contributed by atoms with Gasteiger partial charge in [-0.1, -0.05) is 0 Å². The van der Waals surface area contributed by atoms with Crippen LogP contribution in [0.4, 0.5) is 14.5 Å². The molecule has 1 amide bonds. The Morgan fingerprint density at radius 1 is 1.45 bits per heavy atom. The van der Waals surface area contributed by atoms with E-state index < -0.39 is 39.8 Å². The SMILES string of the molecule is N#CC1CCCN1C(=O)c1cc(F)c(F)cc1[N+](=O)[O-]. The van der Waals surface area contributed by atoms with Crippen LogP contribution in [-0.4, -0.2) is 28.3 Å². The Morgan fingerprint density at radius 3 is 2.70 bits per heavy atom. The van der Waals surface area contributed by atoms with Gasteiger partial charge in [0.25, 0.3) is 11.6 Å². The minimum atomic E-state index is -1.40. The highest BCUT2D eigenvalue weighted by atomic mass is 19.2. The van der Waals surface area contributed by atoms with Gasteiger partial charge in [0.1, 0.15) is 11.6 Å². The number of benzene rings is 1. The summed E-state index contributed by atoms with van der Waals surface area (Å²) in [5.41, 5.74) is -1.35. The molecule has 104 valence electrons. The van der Waals surface area contributed by atoms with Crippen LogP contribution in [0, 0.1) is 33.1 Å². The molecule has 0 bridgehead atoms. The van der Waals surface area contributed by atoms with E-state index in [4.69, 9.17) is 5.26 Å². The van der Waals surface area contributed by atoms with Gasteiger partial charge in [0, 0.05) is 6.54 Å². The van der Waals surface area contributed by atoms with E-state index in [0.717, 1.165) is 4.90 Å². The van der Waals surface area contributed by atoms with Crippen molar-refractivity contribution in [1.82, 2.24) is 4.90 Å². The fourth-order valence-electron chi connectivity index (χ4n) is 2.16. The third-order valence-electron chi connectivity index (χ3n) is 3.13. The second-order valence-electron chi connectivity index (χ2n) is 4.33. The van der Waals surface area contributed by atoms with Crippen molar-refractivity contribution in [3.8, 4) is 6.07 Å². The number of halogens is 2. The number of carbonyl (C=O) groups excluding carboxylic acids is 1. The quantitative estimate of drug-likeness (QED) is 0.612. The molecule has 8 heteroatoms. The summed E-state index contributed by atoms with van der Waals surface area (Å²) in [5, 5.41) is 19.7. The molecule has 0 aromatic heterocycles. The molecular weight excluding hydrogens is 272 g/mol. The van der Waals surface area contributed by atoms with Crippen LogP contribution in [0.15, 0.2) is 12.1 Å². The number of likely N-dealkylation sites (tertiary alicyclic amines) is 1. The molecule has 0 saturated carbocycles. The summed E-state index contributed by atoms with van der Waals surface area (Å²) in [6.07, 6.45) is 1.04. The van der Waals surface area contributed by atoms with Gasteiger partial charge in [-0.15, -0.1) is 0 Å². The number of nitrogens with zero attached hydrogens (tertiary/aromatic N) is 3. The fraction of sp³-hybridized carbons (Fsp3) is 0.333. The normalized spacial score (nSPS) is 17.9. The standard InChI is InChI=1S/C12H9F2N3O3/c13-9-4-8(11(17(19)20)5-10(9)14)12(18)16-3-1-2-7(16)6-15/h4-5,7H,1-3H2. The first-order valence-corrected chi connectivity index (χ1v) is 5.79. The number of nitro benzene ring substituents is 1. The maximum atomic E-state index is 13.2. The van der Waals surface area contributed by atoms with Gasteiger partial charge in [-0.25, -0.2) is 8.78 Å². The molecule has 1 unspecified atom stereocenters. The van der Waals surface area contributed by atoms with Crippen LogP contribution >= 0.6 is 0 Å². The van der Waals surface area contributed by atoms with Crippen molar-refractivity contribution in [3.05, 3.63) is 39.4 Å². The molecule has 1 aromatic rings. The van der Waals surface area contributed by atoms with Gasteiger partial charge < -0.3 is 4.90 Å². The van der Waals surface area contributed by atoms with Crippen LogP contribution in [0.5, 0.6) is 0 Å². The van der Waals surface area contributed by atoms with Gasteiger partial charge in [0.05, 0.1) is 17.1 Å². The van der Waals surface area contributed by atoms with Crippen LogP contribution < -0.4 is 0 Å². The summed E-state index contributed by atoms with van der Waals surface area (Å²) in [4.78, 5) is 23.2. The van der Waals surface area contributed by atoms with Crippen molar-refractivity contribution < 1.29 is 18.5 Å². The molecule has 6 nitrogen and oxygen atoms in total. The molecule has 1 fully saturated rings. The first-order chi connectivity index (χ1) is 9.45. The highest BCUT2D eigenvalue weighted by Gasteiger charge is 2.33. The maximum Gasteiger partial charge on any atom is 0.285 e. The van der Waals surface area contributed by atoms with Crippen molar-refractivity contribution in [1.29, 1.82) is 5.26 Å². The maximum absolute atomic E-state index is 13.2. The monoisotopic (exact) mass is 281 g/mol. The predicted octanol–water partition coefficient (Wildman–Crippen LogP) is 2.00. The van der Waals surface area contributed by atoms with E-state index in [-0.39, 0.29) is 6.54 Å². The van der Waals surface area contributed by atoms with Crippen LogP contribution in [0.25, 0.3) is 0 Å². The highest BCUT2D eigenvalue weighted by Crippen LogP contribution is 2.27. The van der Waals surface area contributed by atoms with Gasteiger partial charge >= 0.3 is 0 Å². The average molecular weight is 281 g/mol. The molecule has 1 heterocycles. The lowest BCUT2D eigenvalue weighted by Gasteiger charge is -2.19. The van der Waals surface area contributed by atoms with Crippen LogP contribution in [0.2, 0.25) is 0 Å². The molecule has 1 atom stereocenters. The van der Waals surface area contributed by atoms with Crippen LogP contribution in [-0.2, 0) is 0 Å². The van der Waals surface area contributed by atoms with E-state index in [9.17, 15) is 23.7 Å². The van der Waals surface area contributed by atoms with Gasteiger partial charge in [0.2, 0.25) is 0 Å². The van der Waals surface area contributed by atoms with Crippen molar-refractivity contribution in [2.24, 2.45) is 0 Å². The Morgan fingerprint density at radius 2 is 2.10 bits per heavy atom. The Balaban J connectivity index is 2.46. The Bertz CT molecular complexity index is 627. The zero-order valence-corrected chi connectivity index (χ0v) is 10.2. The van der Waals surface area contributed by atoms with Crippen molar-refractivity contribution in [3.63, 3.8) is 0 Å². The number of carbonyl (C=O) groups is 1. The molecule has 1 aliphatic heterocycles. The van der Waals surface area contributed by atoms with Gasteiger partial charge in [0.15, 0.2) is 11.6 Å². The third kappa shape index (κ3) is 2.30. The second kappa shape index (κ2) is 5.21. The van der Waals surface area contributed by atoms with Crippen LogP contribution in [0.1, 0.15) is 23.2 Å². The zero-order chi connectivity index (χ0) is 14.9. The third-order valence-corrected chi connectivity index (χ3v) is 3.13. The minimum Gasteiger partial charge on any atom is -0.322 e. The molecule has 1 aliphatic rings. The van der Waals surface area contributed by atoms with Crippen molar-refractivity contribution in [2.45, 2.75) is 18.9 Å². The molecule has 0 spiro atoms. The molecule has 0 aliphatic carbocycles. The minimum absolute atomic E-state index is 0.257. The summed E-state index contributed by atoms with van der Waals surface area (Å²) < 4.78 is 26.3. The largest absolute Gasteiger partial charge is 0.322 e. The van der Waals surface area contributed by atoms with E-state index in [1.165, 1.54) is 0 Å². The zero-order valence-electron chi connectivity index (χ0n) is 10.2. The Hall–Kier alpha value is -2.56. The van der Waals surface area contributed by atoms with Crippen LogP contribution in [0.3, 0.4) is 0 Å². The van der Waals surface area contributed by atoms with E-state index in [1.807, 2.05) is 6.07 Å². The topological polar surface area (TPSA) is 87.2 Å².